The van der Waals surface area contributed by atoms with Gasteiger partial charge in [-0.3, -0.25) is 19.5 Å². The van der Waals surface area contributed by atoms with Crippen LogP contribution >= 0.6 is 0 Å². The number of Topliss-reactive ketones (excluding diaryl/α,β-unsaturated/α-hetero) is 1. The van der Waals surface area contributed by atoms with Gasteiger partial charge in [0.05, 0.1) is 11.1 Å². The third-order valence-corrected chi connectivity index (χ3v) is 4.44. The summed E-state index contributed by atoms with van der Waals surface area (Å²) in [5, 5.41) is 2.82. The third-order valence-electron chi connectivity index (χ3n) is 4.44. The molecule has 3 N–H and O–H groups in total. The van der Waals surface area contributed by atoms with E-state index in [1.165, 1.54) is 0 Å². The Morgan fingerprint density at radius 2 is 1.80 bits per heavy atom. The number of likely N-dealkylation sites (N-methyl/N-ethyl adjacent to an activating group) is 1. The molecular formula is C19H24N4O2. The van der Waals surface area contributed by atoms with Crippen LogP contribution in [-0.2, 0) is 6.54 Å². The average molecular weight is 340 g/mol. The number of ketones is 1. The summed E-state index contributed by atoms with van der Waals surface area (Å²) < 4.78 is 0. The van der Waals surface area contributed by atoms with E-state index in [1.54, 1.807) is 30.6 Å². The first-order valence-electron chi connectivity index (χ1n) is 8.02. The highest BCUT2D eigenvalue weighted by atomic mass is 16.1. The van der Waals surface area contributed by atoms with Crippen molar-refractivity contribution in [2.45, 2.75) is 25.9 Å². The van der Waals surface area contributed by atoms with E-state index >= 15 is 0 Å². The number of hydrogen-bond acceptors (Lipinski definition) is 5. The van der Waals surface area contributed by atoms with E-state index in [9.17, 15) is 9.59 Å². The molecule has 132 valence electrons. The van der Waals surface area contributed by atoms with Crippen molar-refractivity contribution in [3.8, 4) is 0 Å². The Labute approximate surface area is 148 Å². The number of amides is 1. The highest BCUT2D eigenvalue weighted by molar-refractivity contribution is 6.06. The minimum absolute atomic E-state index is 0.0688. The molecule has 6 heteroatoms. The maximum atomic E-state index is 12.8. The molecule has 0 aliphatic rings. The SMILES string of the molecule is CN(C)C(C)(C)C(=O)c1ccc(N)c(C(=O)NCc2ccncc2)c1. The van der Waals surface area contributed by atoms with Crippen molar-refractivity contribution in [1.82, 2.24) is 15.2 Å². The molecule has 0 unspecified atom stereocenters. The highest BCUT2D eigenvalue weighted by Crippen LogP contribution is 2.21. The topological polar surface area (TPSA) is 88.3 Å². The number of carbonyl (C=O) groups is 2. The second kappa shape index (κ2) is 7.44. The predicted molar refractivity (Wildman–Crippen MR) is 98.4 cm³/mol. The normalized spacial score (nSPS) is 11.4. The summed E-state index contributed by atoms with van der Waals surface area (Å²) in [7, 11) is 3.69. The first-order valence-corrected chi connectivity index (χ1v) is 8.02. The molecule has 1 amide bonds. The van der Waals surface area contributed by atoms with Crippen LogP contribution in [0.25, 0.3) is 0 Å². The molecule has 2 rings (SSSR count). The number of carbonyl (C=O) groups excluding carboxylic acids is 2. The lowest BCUT2D eigenvalue weighted by Gasteiger charge is -2.31. The first-order chi connectivity index (χ1) is 11.7. The summed E-state index contributed by atoms with van der Waals surface area (Å²) in [6, 6.07) is 8.46. The summed E-state index contributed by atoms with van der Waals surface area (Å²) in [5.41, 5.74) is 7.29. The molecule has 0 aliphatic heterocycles. The van der Waals surface area contributed by atoms with Crippen LogP contribution in [0.1, 0.15) is 40.1 Å². The van der Waals surface area contributed by atoms with Gasteiger partial charge in [-0.25, -0.2) is 0 Å². The second-order valence-electron chi connectivity index (χ2n) is 6.62. The molecule has 25 heavy (non-hydrogen) atoms. The third kappa shape index (κ3) is 4.22. The average Bonchev–Trinajstić information content (AvgIpc) is 2.60. The fourth-order valence-electron chi connectivity index (χ4n) is 2.23. The number of nitrogens with zero attached hydrogens (tertiary/aromatic N) is 2. The van der Waals surface area contributed by atoms with Crippen LogP contribution in [0.5, 0.6) is 0 Å². The number of pyridine rings is 1. The van der Waals surface area contributed by atoms with E-state index in [0.717, 1.165) is 5.56 Å². The number of nitrogens with two attached hydrogens (primary N) is 1. The Balaban J connectivity index is 2.21. The van der Waals surface area contributed by atoms with Gasteiger partial charge in [-0.15, -0.1) is 0 Å². The Morgan fingerprint density at radius 1 is 1.16 bits per heavy atom. The molecule has 0 fully saturated rings. The number of anilines is 1. The molecule has 0 radical (unpaired) electrons. The number of aromatic nitrogens is 1. The number of rotatable bonds is 6. The summed E-state index contributed by atoms with van der Waals surface area (Å²) in [6.07, 6.45) is 3.33. The molecule has 0 saturated heterocycles. The van der Waals surface area contributed by atoms with Crippen molar-refractivity contribution in [2.24, 2.45) is 0 Å². The molecule has 2 aromatic rings. The van der Waals surface area contributed by atoms with Crippen molar-refractivity contribution in [1.29, 1.82) is 0 Å². The van der Waals surface area contributed by atoms with Crippen molar-refractivity contribution in [3.05, 3.63) is 59.4 Å². The quantitative estimate of drug-likeness (QED) is 0.621. The smallest absolute Gasteiger partial charge is 0.253 e. The van der Waals surface area contributed by atoms with Gasteiger partial charge in [0.1, 0.15) is 0 Å². The van der Waals surface area contributed by atoms with E-state index in [0.29, 0.717) is 23.4 Å². The van der Waals surface area contributed by atoms with Crippen molar-refractivity contribution < 1.29 is 9.59 Å². The highest BCUT2D eigenvalue weighted by Gasteiger charge is 2.31. The van der Waals surface area contributed by atoms with Crippen LogP contribution < -0.4 is 11.1 Å². The van der Waals surface area contributed by atoms with E-state index in [4.69, 9.17) is 5.73 Å². The van der Waals surface area contributed by atoms with Gasteiger partial charge < -0.3 is 11.1 Å². The van der Waals surface area contributed by atoms with E-state index in [2.05, 4.69) is 10.3 Å². The Morgan fingerprint density at radius 3 is 2.40 bits per heavy atom. The van der Waals surface area contributed by atoms with Crippen LogP contribution in [0.4, 0.5) is 5.69 Å². The lowest BCUT2D eigenvalue weighted by molar-refractivity contribution is 0.0755. The van der Waals surface area contributed by atoms with Gasteiger partial charge in [0, 0.05) is 30.2 Å². The standard InChI is InChI=1S/C19H24N4O2/c1-19(2,23(3)4)17(24)14-5-6-16(20)15(11-14)18(25)22-12-13-7-9-21-10-8-13/h5-11H,12,20H2,1-4H3,(H,22,25). The fraction of sp³-hybridized carbons (Fsp3) is 0.316. The van der Waals surface area contributed by atoms with Crippen LogP contribution in [0.2, 0.25) is 0 Å². The maximum absolute atomic E-state index is 12.8. The first kappa shape index (κ1) is 18.6. The number of nitrogen functional groups attached to an aromatic ring is 1. The van der Waals surface area contributed by atoms with E-state index < -0.39 is 5.54 Å². The largest absolute Gasteiger partial charge is 0.398 e. The fourth-order valence-corrected chi connectivity index (χ4v) is 2.23. The van der Waals surface area contributed by atoms with Crippen molar-refractivity contribution >= 4 is 17.4 Å². The van der Waals surface area contributed by atoms with Gasteiger partial charge in [-0.1, -0.05) is 0 Å². The molecule has 0 saturated carbocycles. The number of nitrogens with one attached hydrogen (secondary N) is 1. The van der Waals surface area contributed by atoms with Gasteiger partial charge in [0.2, 0.25) is 0 Å². The van der Waals surface area contributed by atoms with Gasteiger partial charge in [0.25, 0.3) is 5.91 Å². The van der Waals surface area contributed by atoms with E-state index in [-0.39, 0.29) is 11.7 Å². The van der Waals surface area contributed by atoms with Gasteiger partial charge >= 0.3 is 0 Å². The summed E-state index contributed by atoms with van der Waals surface area (Å²) in [4.78, 5) is 31.0. The van der Waals surface area contributed by atoms with Crippen molar-refractivity contribution in [2.75, 3.05) is 19.8 Å². The second-order valence-corrected chi connectivity index (χ2v) is 6.62. The summed E-state index contributed by atoms with van der Waals surface area (Å²) in [5.74, 6) is -0.382. The molecular weight excluding hydrogens is 316 g/mol. The molecule has 1 aromatic carbocycles. The summed E-state index contributed by atoms with van der Waals surface area (Å²) in [6.45, 7) is 4.05. The molecule has 0 spiro atoms. The molecule has 0 atom stereocenters. The lowest BCUT2D eigenvalue weighted by Crippen LogP contribution is -2.45. The lowest BCUT2D eigenvalue weighted by atomic mass is 9.91. The van der Waals surface area contributed by atoms with E-state index in [1.807, 2.05) is 45.0 Å². The van der Waals surface area contributed by atoms with Gasteiger partial charge in [-0.05, 0) is 63.8 Å². The summed E-state index contributed by atoms with van der Waals surface area (Å²) >= 11 is 0. The molecule has 0 aliphatic carbocycles. The van der Waals surface area contributed by atoms with Crippen molar-refractivity contribution in [3.63, 3.8) is 0 Å². The number of benzene rings is 1. The predicted octanol–water partition coefficient (Wildman–Crippen LogP) is 2.12. The molecule has 0 bridgehead atoms. The monoisotopic (exact) mass is 340 g/mol. The van der Waals surface area contributed by atoms with Crippen LogP contribution in [0, 0.1) is 0 Å². The zero-order valence-electron chi connectivity index (χ0n) is 15.0. The van der Waals surface area contributed by atoms with Gasteiger partial charge in [0.15, 0.2) is 5.78 Å². The molecule has 1 heterocycles. The van der Waals surface area contributed by atoms with Crippen LogP contribution in [0.3, 0.4) is 0 Å². The number of hydrogen-bond donors (Lipinski definition) is 2. The zero-order chi connectivity index (χ0) is 18.6. The molecule has 1 aromatic heterocycles. The minimum atomic E-state index is -0.680. The minimum Gasteiger partial charge on any atom is -0.398 e. The Bertz CT molecular complexity index is 770. The Kier molecular flexibility index (Phi) is 5.54. The molecule has 6 nitrogen and oxygen atoms in total. The Hall–Kier alpha value is -2.73. The maximum Gasteiger partial charge on any atom is 0.253 e. The van der Waals surface area contributed by atoms with Crippen LogP contribution in [-0.4, -0.2) is 41.2 Å². The zero-order valence-corrected chi connectivity index (χ0v) is 15.0. The van der Waals surface area contributed by atoms with Gasteiger partial charge in [-0.2, -0.15) is 0 Å². The van der Waals surface area contributed by atoms with Crippen LogP contribution in [0.15, 0.2) is 42.7 Å².